The first-order chi connectivity index (χ1) is 2.83. The quantitative estimate of drug-likeness (QED) is 0.266. The SMILES string of the molecule is CC[SH2+].[Mg+2].[O-][B][O-].[OH-]. The van der Waals surface area contributed by atoms with Gasteiger partial charge in [0, 0.05) is 0 Å². The molecule has 1 radical (unpaired) electrons. The summed E-state index contributed by atoms with van der Waals surface area (Å²) in [5.41, 5.74) is 0. The zero-order valence-electron chi connectivity index (χ0n) is 4.76. The van der Waals surface area contributed by atoms with Crippen LogP contribution >= 0.6 is 0 Å². The average Bonchev–Trinajstić information content (AvgIpc) is 1.39. The molecule has 0 aliphatic carbocycles. The summed E-state index contributed by atoms with van der Waals surface area (Å²) >= 11 is 3.18. The van der Waals surface area contributed by atoms with Crippen molar-refractivity contribution >= 4 is 43.4 Å². The zero-order chi connectivity index (χ0) is 5.41. The van der Waals surface area contributed by atoms with Crippen LogP contribution in [-0.2, 0) is 12.6 Å². The minimum Gasteiger partial charge on any atom is -0.900 e. The molecule has 0 unspecified atom stereocenters. The van der Waals surface area contributed by atoms with E-state index in [1.807, 2.05) is 6.92 Å². The van der Waals surface area contributed by atoms with Gasteiger partial charge in [0.1, 0.15) is 5.75 Å². The van der Waals surface area contributed by atoms with Crippen molar-refractivity contribution < 1.29 is 15.5 Å². The fraction of sp³-hybridized carbons (Fsp3) is 1.00. The molecule has 8 heavy (non-hydrogen) atoms. The molecule has 6 heteroatoms. The smallest absolute Gasteiger partial charge is 0.900 e. The van der Waals surface area contributed by atoms with Crippen LogP contribution in [0.2, 0.25) is 0 Å². The van der Waals surface area contributed by atoms with Gasteiger partial charge >= 0.3 is 23.1 Å². The third kappa shape index (κ3) is 230. The van der Waals surface area contributed by atoms with Gasteiger partial charge in [-0.25, -0.2) is 7.69 Å². The second kappa shape index (κ2) is 42.9. The second-order valence-corrected chi connectivity index (χ2v) is 1.16. The Morgan fingerprint density at radius 1 is 1.50 bits per heavy atom. The van der Waals surface area contributed by atoms with Gasteiger partial charge in [-0.1, -0.05) is 0 Å². The third-order valence-corrected chi connectivity index (χ3v) is 0. The molecule has 45 valence electrons. The molecule has 0 bridgehead atoms. The van der Waals surface area contributed by atoms with E-state index in [9.17, 15) is 0 Å². The Morgan fingerprint density at radius 2 is 1.50 bits per heavy atom. The second-order valence-electron chi connectivity index (χ2n) is 0.450. The molecule has 0 saturated heterocycles. The van der Waals surface area contributed by atoms with E-state index in [1.165, 1.54) is 0 Å². The van der Waals surface area contributed by atoms with Crippen molar-refractivity contribution in [1.29, 1.82) is 0 Å². The maximum atomic E-state index is 8.25. The fourth-order valence-corrected chi connectivity index (χ4v) is 0. The van der Waals surface area contributed by atoms with Gasteiger partial charge < -0.3 is 15.5 Å². The molecule has 0 fully saturated rings. The molecular formula is C2H8BMgO3S. The minimum atomic E-state index is -0.500. The Bertz CT molecular complexity index is 19.2. The van der Waals surface area contributed by atoms with Crippen molar-refractivity contribution in [2.45, 2.75) is 6.92 Å². The molecule has 0 heterocycles. The van der Waals surface area contributed by atoms with Gasteiger partial charge in [-0.3, -0.25) is 0 Å². The molecule has 0 spiro atoms. The fourth-order valence-electron chi connectivity index (χ4n) is 0. The standard InChI is InChI=1S/C2H6S.BO2.Mg.H2O/c1-2-3;2-1-3;;/h3H,2H2,1H3;;;1H2/q;-2;+2;. The van der Waals surface area contributed by atoms with E-state index in [0.29, 0.717) is 0 Å². The molecule has 0 rings (SSSR count). The summed E-state index contributed by atoms with van der Waals surface area (Å²) < 4.78 is 0. The van der Waals surface area contributed by atoms with Crippen LogP contribution in [0.15, 0.2) is 0 Å². The van der Waals surface area contributed by atoms with Crippen LogP contribution in [0.3, 0.4) is 0 Å². The van der Waals surface area contributed by atoms with Crippen molar-refractivity contribution in [2.24, 2.45) is 0 Å². The maximum Gasteiger partial charge on any atom is 2.00 e. The van der Waals surface area contributed by atoms with Gasteiger partial charge in [0.05, 0.1) is 0 Å². The van der Waals surface area contributed by atoms with E-state index in [4.69, 9.17) is 10.0 Å². The van der Waals surface area contributed by atoms with Gasteiger partial charge in [0.2, 0.25) is 0 Å². The molecule has 0 aromatic heterocycles. The number of hydrogen-bond acceptors (Lipinski definition) is 3. The maximum absolute atomic E-state index is 8.25. The first kappa shape index (κ1) is 23.0. The zero-order valence-corrected chi connectivity index (χ0v) is 7.17. The third-order valence-electron chi connectivity index (χ3n) is 0. The van der Waals surface area contributed by atoms with Crippen LogP contribution in [0, 0.1) is 0 Å². The number of hydrogen-bond donors (Lipinski definition) is 0. The van der Waals surface area contributed by atoms with Crippen molar-refractivity contribution in [2.75, 3.05) is 5.75 Å². The van der Waals surface area contributed by atoms with Crippen LogP contribution in [0.25, 0.3) is 0 Å². The monoisotopic (exact) mass is 147 g/mol. The first-order valence-corrected chi connectivity index (χ1v) is 2.24. The Balaban J connectivity index is -0.0000000160. The van der Waals surface area contributed by atoms with Crippen molar-refractivity contribution in [3.8, 4) is 0 Å². The first-order valence-electron chi connectivity index (χ1n) is 1.53. The van der Waals surface area contributed by atoms with Gasteiger partial charge in [-0.2, -0.15) is 0 Å². The molecule has 0 aromatic rings. The van der Waals surface area contributed by atoms with Crippen LogP contribution in [0.1, 0.15) is 6.92 Å². The van der Waals surface area contributed by atoms with Gasteiger partial charge in [0.25, 0.3) is 0 Å². The molecule has 0 aliphatic heterocycles. The summed E-state index contributed by atoms with van der Waals surface area (Å²) in [7, 11) is -0.500. The number of rotatable bonds is 0. The summed E-state index contributed by atoms with van der Waals surface area (Å²) in [5, 5.41) is 16.5. The Hall–Kier alpha value is 1.06. The predicted octanol–water partition coefficient (Wildman–Crippen LogP) is -3.30. The Kier molecular flexibility index (Phi) is 123. The van der Waals surface area contributed by atoms with E-state index < -0.39 is 7.69 Å². The largest absolute Gasteiger partial charge is 2.00 e. The van der Waals surface area contributed by atoms with E-state index in [1.54, 1.807) is 0 Å². The summed E-state index contributed by atoms with van der Waals surface area (Å²) in [4.78, 5) is 0. The molecule has 3 nitrogen and oxygen atoms in total. The molecule has 0 amide bonds. The van der Waals surface area contributed by atoms with Crippen molar-refractivity contribution in [3.05, 3.63) is 0 Å². The Labute approximate surface area is 71.7 Å². The van der Waals surface area contributed by atoms with Crippen molar-refractivity contribution in [3.63, 3.8) is 0 Å². The van der Waals surface area contributed by atoms with Gasteiger partial charge in [-0.05, 0) is 19.6 Å². The molecule has 1 N–H and O–H groups in total. The van der Waals surface area contributed by atoms with E-state index in [2.05, 4.69) is 12.6 Å². The van der Waals surface area contributed by atoms with Crippen molar-refractivity contribution in [1.82, 2.24) is 0 Å². The topological polar surface area (TPSA) is 76.1 Å². The van der Waals surface area contributed by atoms with E-state index >= 15 is 0 Å². The van der Waals surface area contributed by atoms with Crippen LogP contribution in [-0.4, -0.2) is 42.0 Å². The predicted molar refractivity (Wildman–Crippen MR) is 34.1 cm³/mol. The molecule has 0 aliphatic rings. The van der Waals surface area contributed by atoms with E-state index in [0.717, 1.165) is 5.75 Å². The Morgan fingerprint density at radius 3 is 1.50 bits per heavy atom. The van der Waals surface area contributed by atoms with Crippen LogP contribution < -0.4 is 10.0 Å². The molecule has 0 atom stereocenters. The average molecular weight is 147 g/mol. The minimum absolute atomic E-state index is 0. The van der Waals surface area contributed by atoms with Gasteiger partial charge in [-0.15, -0.1) is 0 Å². The van der Waals surface area contributed by atoms with E-state index in [-0.39, 0.29) is 28.5 Å². The van der Waals surface area contributed by atoms with Crippen LogP contribution in [0.4, 0.5) is 0 Å². The van der Waals surface area contributed by atoms with Gasteiger partial charge in [0.15, 0.2) is 0 Å². The molecular weight excluding hydrogens is 139 g/mol. The summed E-state index contributed by atoms with van der Waals surface area (Å²) in [6.45, 7) is 2.04. The molecule has 0 saturated carbocycles. The normalized spacial score (nSPS) is 4.00. The molecule has 0 aromatic carbocycles. The summed E-state index contributed by atoms with van der Waals surface area (Å²) in [5.74, 6) is 1.06. The summed E-state index contributed by atoms with van der Waals surface area (Å²) in [6, 6.07) is 0. The summed E-state index contributed by atoms with van der Waals surface area (Å²) in [6.07, 6.45) is 0. The van der Waals surface area contributed by atoms with Crippen LogP contribution in [0.5, 0.6) is 0 Å².